The Bertz CT molecular complexity index is 569. The number of amides is 1. The third-order valence-corrected chi connectivity index (χ3v) is 3.00. The maximum absolute atomic E-state index is 12.9. The van der Waals surface area contributed by atoms with Crippen molar-refractivity contribution in [3.63, 3.8) is 0 Å². The molecule has 2 rings (SSSR count). The first kappa shape index (κ1) is 12.0. The molecule has 1 heterocycles. The number of hydrogen-bond acceptors (Lipinski definition) is 3. The SMILES string of the molecule is Cn1ncnc1NC(=O)c1ccc(F)cc1I. The highest BCUT2D eigenvalue weighted by molar-refractivity contribution is 14.1. The number of aromatic nitrogens is 3. The van der Waals surface area contributed by atoms with Crippen molar-refractivity contribution < 1.29 is 9.18 Å². The zero-order chi connectivity index (χ0) is 12.4. The summed E-state index contributed by atoms with van der Waals surface area (Å²) in [5.74, 6) is -0.370. The van der Waals surface area contributed by atoms with Gasteiger partial charge in [0.05, 0.1) is 5.56 Å². The van der Waals surface area contributed by atoms with Crippen LogP contribution in [0.5, 0.6) is 0 Å². The molecule has 0 unspecified atom stereocenters. The van der Waals surface area contributed by atoms with Crippen molar-refractivity contribution in [2.45, 2.75) is 0 Å². The molecule has 17 heavy (non-hydrogen) atoms. The van der Waals surface area contributed by atoms with Crippen LogP contribution in [0.4, 0.5) is 10.3 Å². The zero-order valence-electron chi connectivity index (χ0n) is 8.82. The van der Waals surface area contributed by atoms with Crippen LogP contribution in [0.2, 0.25) is 0 Å². The van der Waals surface area contributed by atoms with Crippen molar-refractivity contribution in [1.29, 1.82) is 0 Å². The summed E-state index contributed by atoms with van der Waals surface area (Å²) in [5.41, 5.74) is 0.398. The first-order valence-corrected chi connectivity index (χ1v) is 5.76. The summed E-state index contributed by atoms with van der Waals surface area (Å²) < 4.78 is 14.9. The lowest BCUT2D eigenvalue weighted by Gasteiger charge is -2.05. The highest BCUT2D eigenvalue weighted by Crippen LogP contribution is 2.15. The number of nitrogens with one attached hydrogen (secondary N) is 1. The summed E-state index contributed by atoms with van der Waals surface area (Å²) in [5, 5.41) is 6.42. The lowest BCUT2D eigenvalue weighted by Crippen LogP contribution is -2.16. The van der Waals surface area contributed by atoms with Crippen LogP contribution in [0.3, 0.4) is 0 Å². The second-order valence-electron chi connectivity index (χ2n) is 3.29. The number of anilines is 1. The molecule has 0 fully saturated rings. The van der Waals surface area contributed by atoms with Crippen LogP contribution in [-0.2, 0) is 7.05 Å². The smallest absolute Gasteiger partial charge is 0.259 e. The van der Waals surface area contributed by atoms with Gasteiger partial charge in [-0.2, -0.15) is 10.1 Å². The molecule has 0 bridgehead atoms. The number of rotatable bonds is 2. The Kier molecular flexibility index (Phi) is 3.36. The molecule has 1 amide bonds. The van der Waals surface area contributed by atoms with E-state index in [0.717, 1.165) is 0 Å². The molecule has 0 aliphatic heterocycles. The Morgan fingerprint density at radius 2 is 2.29 bits per heavy atom. The van der Waals surface area contributed by atoms with Crippen LogP contribution in [0.25, 0.3) is 0 Å². The van der Waals surface area contributed by atoms with Crippen LogP contribution in [0, 0.1) is 9.39 Å². The van der Waals surface area contributed by atoms with Gasteiger partial charge in [-0.15, -0.1) is 0 Å². The minimum absolute atomic E-state index is 0.342. The number of hydrogen-bond donors (Lipinski definition) is 1. The van der Waals surface area contributed by atoms with Gasteiger partial charge in [-0.05, 0) is 40.8 Å². The topological polar surface area (TPSA) is 59.8 Å². The predicted octanol–water partition coefficient (Wildman–Crippen LogP) is 1.81. The molecule has 0 saturated carbocycles. The van der Waals surface area contributed by atoms with E-state index >= 15 is 0 Å². The molecule has 88 valence electrons. The summed E-state index contributed by atoms with van der Waals surface area (Å²) in [6.07, 6.45) is 1.34. The number of benzene rings is 1. The van der Waals surface area contributed by atoms with E-state index in [1.807, 2.05) is 22.6 Å². The minimum Gasteiger partial charge on any atom is -0.291 e. The van der Waals surface area contributed by atoms with Crippen molar-refractivity contribution in [1.82, 2.24) is 14.8 Å². The Morgan fingerprint density at radius 1 is 1.53 bits per heavy atom. The molecule has 0 aliphatic rings. The van der Waals surface area contributed by atoms with E-state index in [1.165, 1.54) is 29.2 Å². The summed E-state index contributed by atoms with van der Waals surface area (Å²) in [4.78, 5) is 15.7. The molecular weight excluding hydrogens is 338 g/mol. The van der Waals surface area contributed by atoms with Gasteiger partial charge < -0.3 is 0 Å². The summed E-state index contributed by atoms with van der Waals surface area (Å²) in [6.45, 7) is 0. The van der Waals surface area contributed by atoms with Crippen molar-refractivity contribution in [2.24, 2.45) is 7.05 Å². The van der Waals surface area contributed by atoms with Crippen LogP contribution >= 0.6 is 22.6 Å². The number of aryl methyl sites for hydroxylation is 1. The Balaban J connectivity index is 2.23. The van der Waals surface area contributed by atoms with Gasteiger partial charge in [0, 0.05) is 10.6 Å². The monoisotopic (exact) mass is 346 g/mol. The van der Waals surface area contributed by atoms with Crippen LogP contribution in [0.1, 0.15) is 10.4 Å². The molecule has 2 aromatic rings. The largest absolute Gasteiger partial charge is 0.291 e. The fourth-order valence-corrected chi connectivity index (χ4v) is 1.97. The molecule has 0 aliphatic carbocycles. The fourth-order valence-electron chi connectivity index (χ4n) is 1.25. The molecule has 7 heteroatoms. The average molecular weight is 346 g/mol. The third-order valence-electron chi connectivity index (χ3n) is 2.11. The van der Waals surface area contributed by atoms with Crippen molar-refractivity contribution in [3.05, 3.63) is 39.5 Å². The summed E-state index contributed by atoms with van der Waals surface area (Å²) >= 11 is 1.91. The highest BCUT2D eigenvalue weighted by atomic mass is 127. The van der Waals surface area contributed by atoms with Gasteiger partial charge in [0.2, 0.25) is 5.95 Å². The lowest BCUT2D eigenvalue weighted by atomic mass is 10.2. The molecule has 0 radical (unpaired) electrons. The van der Waals surface area contributed by atoms with E-state index in [0.29, 0.717) is 15.1 Å². The first-order valence-electron chi connectivity index (χ1n) is 4.68. The average Bonchev–Trinajstić information content (AvgIpc) is 2.64. The Morgan fingerprint density at radius 3 is 2.88 bits per heavy atom. The first-order chi connectivity index (χ1) is 8.08. The summed E-state index contributed by atoms with van der Waals surface area (Å²) in [7, 11) is 1.66. The van der Waals surface area contributed by atoms with E-state index in [-0.39, 0.29) is 11.7 Å². The molecule has 0 atom stereocenters. The quantitative estimate of drug-likeness (QED) is 0.844. The maximum Gasteiger partial charge on any atom is 0.259 e. The Hall–Kier alpha value is -1.51. The van der Waals surface area contributed by atoms with Gasteiger partial charge in [-0.1, -0.05) is 0 Å². The van der Waals surface area contributed by atoms with Crippen molar-refractivity contribution in [2.75, 3.05) is 5.32 Å². The zero-order valence-corrected chi connectivity index (χ0v) is 11.0. The van der Waals surface area contributed by atoms with E-state index in [4.69, 9.17) is 0 Å². The predicted molar refractivity (Wildman–Crippen MR) is 68.1 cm³/mol. The molecule has 0 spiro atoms. The standard InChI is InChI=1S/C10H8FIN4O/c1-16-10(13-5-14-16)15-9(17)7-3-2-6(11)4-8(7)12/h2-5H,1H3,(H,13,14,15,17). The van der Waals surface area contributed by atoms with Gasteiger partial charge in [-0.25, -0.2) is 9.07 Å². The van der Waals surface area contributed by atoms with E-state index in [1.54, 1.807) is 7.05 Å². The third kappa shape index (κ3) is 2.60. The van der Waals surface area contributed by atoms with E-state index in [9.17, 15) is 9.18 Å². The van der Waals surface area contributed by atoms with Gasteiger partial charge in [-0.3, -0.25) is 10.1 Å². The van der Waals surface area contributed by atoms with Gasteiger partial charge >= 0.3 is 0 Å². The Labute approximate surface area is 110 Å². The second-order valence-corrected chi connectivity index (χ2v) is 4.45. The van der Waals surface area contributed by atoms with Gasteiger partial charge in [0.25, 0.3) is 5.91 Å². The fraction of sp³-hybridized carbons (Fsp3) is 0.100. The molecule has 5 nitrogen and oxygen atoms in total. The second kappa shape index (κ2) is 4.78. The maximum atomic E-state index is 12.9. The van der Waals surface area contributed by atoms with Crippen molar-refractivity contribution >= 4 is 34.4 Å². The van der Waals surface area contributed by atoms with E-state index < -0.39 is 0 Å². The molecule has 1 N–H and O–H groups in total. The molecule has 1 aromatic heterocycles. The van der Waals surface area contributed by atoms with Crippen LogP contribution in [0.15, 0.2) is 24.5 Å². The molecular formula is C10H8FIN4O. The van der Waals surface area contributed by atoms with Crippen molar-refractivity contribution in [3.8, 4) is 0 Å². The molecule has 1 aromatic carbocycles. The van der Waals surface area contributed by atoms with E-state index in [2.05, 4.69) is 15.4 Å². The summed E-state index contributed by atoms with van der Waals surface area (Å²) in [6, 6.07) is 3.97. The van der Waals surface area contributed by atoms with Gasteiger partial charge in [0.1, 0.15) is 12.1 Å². The molecule has 0 saturated heterocycles. The number of nitrogens with zero attached hydrogens (tertiary/aromatic N) is 3. The minimum atomic E-state index is -0.371. The lowest BCUT2D eigenvalue weighted by molar-refractivity contribution is 0.102. The normalized spacial score (nSPS) is 10.3. The number of carbonyl (C=O) groups is 1. The number of carbonyl (C=O) groups excluding carboxylic acids is 1. The number of halogens is 2. The van der Waals surface area contributed by atoms with Gasteiger partial charge in [0.15, 0.2) is 0 Å². The van der Waals surface area contributed by atoms with Crippen LogP contribution < -0.4 is 5.32 Å². The highest BCUT2D eigenvalue weighted by Gasteiger charge is 2.12. The van der Waals surface area contributed by atoms with Crippen LogP contribution in [-0.4, -0.2) is 20.7 Å².